The Morgan fingerprint density at radius 3 is 2.75 bits per heavy atom. The van der Waals surface area contributed by atoms with E-state index in [-0.39, 0.29) is 0 Å². The molecular formula is C10H5BrN2S3. The summed E-state index contributed by atoms with van der Waals surface area (Å²) >= 11 is 8.30. The van der Waals surface area contributed by atoms with Crippen molar-refractivity contribution >= 4 is 60.6 Å². The number of nitrogens with zero attached hydrogens (tertiary/aromatic N) is 2. The molecule has 0 aliphatic carbocycles. The minimum absolute atomic E-state index is 0.890. The monoisotopic (exact) mass is 328 g/mol. The number of benzene rings is 1. The van der Waals surface area contributed by atoms with Crippen LogP contribution < -0.4 is 0 Å². The summed E-state index contributed by atoms with van der Waals surface area (Å²) < 4.78 is 4.18. The molecule has 1 aromatic carbocycles. The van der Waals surface area contributed by atoms with Crippen LogP contribution in [0, 0.1) is 0 Å². The van der Waals surface area contributed by atoms with Gasteiger partial charge in [-0.2, -0.15) is 0 Å². The fraction of sp³-hybridized carbons (Fsp3) is 0. The first-order chi connectivity index (χ1) is 7.81. The molecule has 2 nitrogen and oxygen atoms in total. The van der Waals surface area contributed by atoms with Gasteiger partial charge in [0.05, 0.1) is 10.2 Å². The van der Waals surface area contributed by atoms with Crippen LogP contribution in [0.25, 0.3) is 10.2 Å². The van der Waals surface area contributed by atoms with E-state index in [0.717, 1.165) is 18.8 Å². The zero-order chi connectivity index (χ0) is 11.0. The first-order valence-electron chi connectivity index (χ1n) is 4.46. The molecular weight excluding hydrogens is 324 g/mol. The van der Waals surface area contributed by atoms with E-state index < -0.39 is 0 Å². The second-order valence-electron chi connectivity index (χ2n) is 2.99. The van der Waals surface area contributed by atoms with Crippen LogP contribution in [0.15, 0.2) is 42.9 Å². The molecule has 0 aliphatic heterocycles. The lowest BCUT2D eigenvalue weighted by molar-refractivity contribution is 1.20. The smallest absolute Gasteiger partial charge is 0.158 e. The Labute approximate surface area is 113 Å². The number of hydrogen-bond donors (Lipinski definition) is 0. The van der Waals surface area contributed by atoms with E-state index in [1.165, 1.54) is 4.70 Å². The number of para-hydroxylation sites is 1. The van der Waals surface area contributed by atoms with Crippen molar-refractivity contribution in [2.45, 2.75) is 8.68 Å². The molecule has 0 N–H and O–H groups in total. The number of rotatable bonds is 2. The maximum Gasteiger partial charge on any atom is 0.158 e. The third-order valence-corrected chi connectivity index (χ3v) is 5.65. The molecule has 3 aromatic rings. The number of hydrogen-bond acceptors (Lipinski definition) is 5. The lowest BCUT2D eigenvalue weighted by atomic mass is 10.3. The molecule has 0 radical (unpaired) electrons. The molecule has 0 aliphatic rings. The Morgan fingerprint density at radius 2 is 2.00 bits per heavy atom. The molecule has 0 bridgehead atoms. The molecule has 3 rings (SSSR count). The minimum atomic E-state index is 0.890. The van der Waals surface area contributed by atoms with Crippen molar-refractivity contribution in [2.24, 2.45) is 0 Å². The van der Waals surface area contributed by atoms with Crippen LogP contribution in [0.2, 0.25) is 0 Å². The van der Waals surface area contributed by atoms with E-state index in [9.17, 15) is 0 Å². The van der Waals surface area contributed by atoms with Crippen molar-refractivity contribution in [3.63, 3.8) is 0 Å². The van der Waals surface area contributed by atoms with Crippen LogP contribution in [-0.4, -0.2) is 9.97 Å². The quantitative estimate of drug-likeness (QED) is 0.683. The minimum Gasteiger partial charge on any atom is -0.229 e. The second-order valence-corrected chi connectivity index (χ2v) is 7.18. The largest absolute Gasteiger partial charge is 0.229 e. The van der Waals surface area contributed by atoms with Crippen LogP contribution in [0.3, 0.4) is 0 Å². The van der Waals surface area contributed by atoms with E-state index in [2.05, 4.69) is 32.0 Å². The van der Waals surface area contributed by atoms with Gasteiger partial charge in [0.1, 0.15) is 4.60 Å². The highest BCUT2D eigenvalue weighted by molar-refractivity contribution is 9.10. The molecule has 0 amide bonds. The maximum atomic E-state index is 4.55. The van der Waals surface area contributed by atoms with E-state index >= 15 is 0 Å². The molecule has 0 saturated heterocycles. The average molecular weight is 329 g/mol. The van der Waals surface area contributed by atoms with Gasteiger partial charge < -0.3 is 0 Å². The third-order valence-electron chi connectivity index (χ3n) is 1.90. The van der Waals surface area contributed by atoms with Gasteiger partial charge in [0.2, 0.25) is 0 Å². The van der Waals surface area contributed by atoms with Gasteiger partial charge in [0.25, 0.3) is 0 Å². The summed E-state index contributed by atoms with van der Waals surface area (Å²) in [6.45, 7) is 0. The maximum absolute atomic E-state index is 4.55. The highest BCUT2D eigenvalue weighted by Crippen LogP contribution is 2.36. The molecule has 2 aromatic heterocycles. The molecule has 0 atom stereocenters. The van der Waals surface area contributed by atoms with Gasteiger partial charge in [-0.1, -0.05) is 12.1 Å². The molecule has 80 valence electrons. The molecule has 0 spiro atoms. The van der Waals surface area contributed by atoms with Crippen molar-refractivity contribution in [3.05, 3.63) is 34.2 Å². The lowest BCUT2D eigenvalue weighted by Gasteiger charge is -1.87. The summed E-state index contributed by atoms with van der Waals surface area (Å²) in [5.41, 5.74) is 1.06. The number of fused-ring (bicyclic) bond motifs is 1. The van der Waals surface area contributed by atoms with E-state index in [1.54, 1.807) is 34.4 Å². The number of thiazole rings is 2. The van der Waals surface area contributed by atoms with Crippen LogP contribution in [-0.2, 0) is 0 Å². The summed E-state index contributed by atoms with van der Waals surface area (Å²) in [6, 6.07) is 8.17. The normalized spacial score (nSPS) is 11.1. The highest BCUT2D eigenvalue weighted by atomic mass is 79.9. The van der Waals surface area contributed by atoms with Gasteiger partial charge in [-0.15, -0.1) is 22.7 Å². The van der Waals surface area contributed by atoms with E-state index in [0.29, 0.717) is 0 Å². The van der Waals surface area contributed by atoms with Crippen molar-refractivity contribution in [2.75, 3.05) is 0 Å². The summed E-state index contributed by atoms with van der Waals surface area (Å²) in [7, 11) is 0. The predicted octanol–water partition coefficient (Wildman–Crippen LogP) is 4.67. The summed E-state index contributed by atoms with van der Waals surface area (Å²) in [5, 5.41) is 1.98. The van der Waals surface area contributed by atoms with Gasteiger partial charge in [-0.25, -0.2) is 9.97 Å². The van der Waals surface area contributed by atoms with Gasteiger partial charge in [-0.3, -0.25) is 0 Å². The molecule has 2 heterocycles. The number of halogens is 1. The first-order valence-corrected chi connectivity index (χ1v) is 7.76. The van der Waals surface area contributed by atoms with Crippen LogP contribution in [0.5, 0.6) is 0 Å². The fourth-order valence-electron chi connectivity index (χ4n) is 1.26. The van der Waals surface area contributed by atoms with Gasteiger partial charge in [0.15, 0.2) is 8.68 Å². The number of aromatic nitrogens is 2. The Balaban J connectivity index is 1.95. The lowest BCUT2D eigenvalue weighted by Crippen LogP contribution is -1.69. The zero-order valence-electron chi connectivity index (χ0n) is 7.88. The molecule has 0 saturated carbocycles. The zero-order valence-corrected chi connectivity index (χ0v) is 11.9. The molecule has 6 heteroatoms. The SMILES string of the molecule is Brc1csc(Sc2nc3ccccc3s2)n1. The second kappa shape index (κ2) is 4.44. The predicted molar refractivity (Wildman–Crippen MR) is 73.6 cm³/mol. The van der Waals surface area contributed by atoms with Crippen LogP contribution in [0.4, 0.5) is 0 Å². The fourth-order valence-corrected chi connectivity index (χ4v) is 4.89. The Bertz CT molecular complexity index is 599. The molecule has 0 unspecified atom stereocenters. The Morgan fingerprint density at radius 1 is 1.12 bits per heavy atom. The van der Waals surface area contributed by atoms with Crippen LogP contribution >= 0.6 is 50.4 Å². The average Bonchev–Trinajstić information content (AvgIpc) is 2.84. The van der Waals surface area contributed by atoms with E-state index in [1.807, 2.05) is 23.6 Å². The Kier molecular flexibility index (Phi) is 2.97. The third kappa shape index (κ3) is 2.15. The van der Waals surface area contributed by atoms with Gasteiger partial charge in [-0.05, 0) is 39.8 Å². The van der Waals surface area contributed by atoms with Gasteiger partial charge >= 0.3 is 0 Å². The summed E-state index contributed by atoms with van der Waals surface area (Å²) in [6.07, 6.45) is 0. The summed E-state index contributed by atoms with van der Waals surface area (Å²) in [4.78, 5) is 8.89. The van der Waals surface area contributed by atoms with Crippen molar-refractivity contribution in [1.29, 1.82) is 0 Å². The van der Waals surface area contributed by atoms with Crippen molar-refractivity contribution in [3.8, 4) is 0 Å². The van der Waals surface area contributed by atoms with Gasteiger partial charge in [0, 0.05) is 5.38 Å². The van der Waals surface area contributed by atoms with Crippen molar-refractivity contribution < 1.29 is 0 Å². The topological polar surface area (TPSA) is 25.8 Å². The van der Waals surface area contributed by atoms with Crippen LogP contribution in [0.1, 0.15) is 0 Å². The molecule has 0 fully saturated rings. The molecule has 16 heavy (non-hydrogen) atoms. The Hall–Kier alpha value is -0.430. The highest BCUT2D eigenvalue weighted by Gasteiger charge is 2.07. The summed E-state index contributed by atoms with van der Waals surface area (Å²) in [5.74, 6) is 0. The standard InChI is InChI=1S/C10H5BrN2S3/c11-8-5-14-9(13-8)16-10-12-6-3-1-2-4-7(6)15-10/h1-5H. The van der Waals surface area contributed by atoms with E-state index in [4.69, 9.17) is 0 Å². The van der Waals surface area contributed by atoms with Crippen molar-refractivity contribution in [1.82, 2.24) is 9.97 Å². The first kappa shape index (κ1) is 10.7.